The second-order valence-electron chi connectivity index (χ2n) is 11.1. The number of piperazine rings is 1. The Morgan fingerprint density at radius 1 is 1.02 bits per heavy atom. The van der Waals surface area contributed by atoms with Gasteiger partial charge in [-0.05, 0) is 56.7 Å². The third-order valence-electron chi connectivity index (χ3n) is 8.25. The molecule has 0 spiro atoms. The first-order valence-electron chi connectivity index (χ1n) is 14.2. The topological polar surface area (TPSA) is 109 Å². The van der Waals surface area contributed by atoms with Gasteiger partial charge in [-0.2, -0.15) is 0 Å². The largest absolute Gasteiger partial charge is 0.496 e. The fourth-order valence-electron chi connectivity index (χ4n) is 6.34. The second kappa shape index (κ2) is 9.95. The number of methoxy groups -OCH3 is 1. The maximum absolute atomic E-state index is 13.7. The molecular weight excluding hydrogens is 528 g/mol. The number of carbonyl (C=O) groups excluding carboxylic acids is 1. The fraction of sp³-hybridized carbons (Fsp3) is 0.273. The van der Waals surface area contributed by atoms with Gasteiger partial charge in [0, 0.05) is 53.3 Å². The highest BCUT2D eigenvalue weighted by molar-refractivity contribution is 6.17. The molecule has 6 aromatic rings. The average molecular weight is 561 g/mol. The molecule has 9 heteroatoms. The van der Waals surface area contributed by atoms with Crippen LogP contribution in [0.5, 0.6) is 5.75 Å². The summed E-state index contributed by atoms with van der Waals surface area (Å²) in [5.74, 6) is 2.15. The number of benzene rings is 3. The molecule has 3 aromatic heterocycles. The molecule has 0 unspecified atom stereocenters. The molecule has 0 bridgehead atoms. The van der Waals surface area contributed by atoms with Gasteiger partial charge in [-0.15, -0.1) is 0 Å². The monoisotopic (exact) mass is 560 g/mol. The van der Waals surface area contributed by atoms with E-state index in [-0.39, 0.29) is 11.9 Å². The van der Waals surface area contributed by atoms with E-state index in [0.29, 0.717) is 30.2 Å². The van der Waals surface area contributed by atoms with Crippen LogP contribution in [0.25, 0.3) is 55.1 Å². The van der Waals surface area contributed by atoms with Crippen LogP contribution >= 0.6 is 0 Å². The van der Waals surface area contributed by atoms with Gasteiger partial charge in [0.05, 0.1) is 29.4 Å². The minimum absolute atomic E-state index is 0.0544. The Bertz CT molecular complexity index is 2000. The minimum atomic E-state index is 0.0544. The van der Waals surface area contributed by atoms with Gasteiger partial charge in [0.1, 0.15) is 23.0 Å². The number of nitrogens with zero attached hydrogens (tertiary/aromatic N) is 4. The first-order chi connectivity index (χ1) is 20.3. The predicted octanol–water partition coefficient (Wildman–Crippen LogP) is 5.95. The number of H-pyrrole nitrogens is 1. The molecule has 0 saturated carbocycles. The highest BCUT2D eigenvalue weighted by Gasteiger charge is 2.25. The van der Waals surface area contributed by atoms with Crippen LogP contribution in [-0.4, -0.2) is 63.7 Å². The van der Waals surface area contributed by atoms with Gasteiger partial charge in [0.2, 0.25) is 0 Å². The molecule has 0 aliphatic carbocycles. The molecule has 7 rings (SSSR count). The summed E-state index contributed by atoms with van der Waals surface area (Å²) in [4.78, 5) is 28.9. The van der Waals surface area contributed by atoms with Crippen molar-refractivity contribution in [2.24, 2.45) is 0 Å². The molecule has 0 radical (unpaired) electrons. The Morgan fingerprint density at radius 3 is 2.57 bits per heavy atom. The van der Waals surface area contributed by atoms with Crippen LogP contribution in [0.4, 0.5) is 0 Å². The van der Waals surface area contributed by atoms with E-state index >= 15 is 0 Å². The zero-order valence-corrected chi connectivity index (χ0v) is 24.3. The van der Waals surface area contributed by atoms with Crippen molar-refractivity contribution in [3.05, 3.63) is 71.4 Å². The van der Waals surface area contributed by atoms with Gasteiger partial charge in [-0.25, -0.2) is 9.97 Å². The van der Waals surface area contributed by atoms with Gasteiger partial charge in [-0.3, -0.25) is 4.79 Å². The summed E-state index contributed by atoms with van der Waals surface area (Å²) < 4.78 is 11.3. The Labute approximate surface area is 242 Å². The molecular formula is C33H32N6O3. The lowest BCUT2D eigenvalue weighted by Crippen LogP contribution is -2.51. The van der Waals surface area contributed by atoms with E-state index in [0.717, 1.165) is 73.1 Å². The molecule has 4 heterocycles. The minimum Gasteiger partial charge on any atom is -0.496 e. The van der Waals surface area contributed by atoms with Gasteiger partial charge in [-0.1, -0.05) is 35.5 Å². The smallest absolute Gasteiger partial charge is 0.254 e. The highest BCUT2D eigenvalue weighted by atomic mass is 16.5. The lowest BCUT2D eigenvalue weighted by molar-refractivity contribution is 0.0711. The molecule has 42 heavy (non-hydrogen) atoms. The van der Waals surface area contributed by atoms with Crippen LogP contribution in [0.1, 0.15) is 34.6 Å². The first kappa shape index (κ1) is 26.2. The lowest BCUT2D eigenvalue weighted by Gasteiger charge is -2.32. The normalized spacial score (nSPS) is 15.6. The number of nitrogens with one attached hydrogen (secondary N) is 2. The van der Waals surface area contributed by atoms with Crippen LogP contribution in [0, 0.1) is 20.8 Å². The van der Waals surface area contributed by atoms with E-state index in [1.54, 1.807) is 7.11 Å². The summed E-state index contributed by atoms with van der Waals surface area (Å²) in [6, 6.07) is 16.4. The van der Waals surface area contributed by atoms with E-state index in [2.05, 4.69) is 34.5 Å². The fourth-order valence-corrected chi connectivity index (χ4v) is 6.34. The molecule has 1 saturated heterocycles. The van der Waals surface area contributed by atoms with Crippen LogP contribution < -0.4 is 10.1 Å². The number of aromatic nitrogens is 4. The number of rotatable bonds is 4. The maximum Gasteiger partial charge on any atom is 0.254 e. The summed E-state index contributed by atoms with van der Waals surface area (Å²) in [5.41, 5.74) is 6.72. The molecule has 2 N–H and O–H groups in total. The molecule has 1 aliphatic heterocycles. The van der Waals surface area contributed by atoms with E-state index in [4.69, 9.17) is 19.2 Å². The van der Waals surface area contributed by atoms with Crippen molar-refractivity contribution in [3.8, 4) is 28.1 Å². The van der Waals surface area contributed by atoms with Crippen molar-refractivity contribution in [2.75, 3.05) is 26.7 Å². The van der Waals surface area contributed by atoms with Crippen molar-refractivity contribution < 1.29 is 14.1 Å². The van der Waals surface area contributed by atoms with E-state index in [9.17, 15) is 4.79 Å². The summed E-state index contributed by atoms with van der Waals surface area (Å²) >= 11 is 0. The molecule has 212 valence electrons. The number of aryl methyl sites for hydroxylation is 3. The van der Waals surface area contributed by atoms with Crippen molar-refractivity contribution in [1.82, 2.24) is 30.3 Å². The van der Waals surface area contributed by atoms with E-state index < -0.39 is 0 Å². The van der Waals surface area contributed by atoms with Gasteiger partial charge in [0.15, 0.2) is 0 Å². The quantitative estimate of drug-likeness (QED) is 0.274. The molecule has 1 amide bonds. The number of hydrogen-bond donors (Lipinski definition) is 2. The van der Waals surface area contributed by atoms with Crippen LogP contribution in [-0.2, 0) is 0 Å². The Hall–Kier alpha value is -4.76. The molecule has 3 aromatic carbocycles. The number of ether oxygens (including phenoxy) is 1. The standard InChI is InChI=1S/C33H32N6O3/c1-17-16-39(13-12-34-17)33(40)24-11-10-23(21-8-6-7-9-22(21)24)31-30-25-15-28(41-5)26(29-18(2)38-42-19(29)3)14-27(25)37-32(30)36-20(4)35-31/h6-11,14-15,17,34H,12-13,16H2,1-5H3,(H,35,36,37)/t17-/m0/s1. The van der Waals surface area contributed by atoms with Crippen LogP contribution in [0.2, 0.25) is 0 Å². The summed E-state index contributed by atoms with van der Waals surface area (Å²) in [7, 11) is 1.67. The third-order valence-corrected chi connectivity index (χ3v) is 8.25. The molecule has 9 nitrogen and oxygen atoms in total. The van der Waals surface area contributed by atoms with Crippen molar-refractivity contribution in [3.63, 3.8) is 0 Å². The third kappa shape index (κ3) is 4.11. The summed E-state index contributed by atoms with van der Waals surface area (Å²) in [6.45, 7) is 10.0. The molecule has 1 fully saturated rings. The Kier molecular flexibility index (Phi) is 6.20. The highest BCUT2D eigenvalue weighted by Crippen LogP contribution is 2.42. The zero-order valence-electron chi connectivity index (χ0n) is 24.3. The number of aromatic amines is 1. The number of carbonyl (C=O) groups is 1. The van der Waals surface area contributed by atoms with E-state index in [1.807, 2.05) is 62.1 Å². The average Bonchev–Trinajstić information content (AvgIpc) is 3.52. The Balaban J connectivity index is 1.45. The summed E-state index contributed by atoms with van der Waals surface area (Å²) in [5, 5.41) is 11.3. The number of amides is 1. The first-order valence-corrected chi connectivity index (χ1v) is 14.2. The van der Waals surface area contributed by atoms with E-state index in [1.165, 1.54) is 0 Å². The maximum atomic E-state index is 13.7. The SMILES string of the molecule is COc1cc2c(cc1-c1c(C)noc1C)[nH]c1nc(C)nc(-c3ccc(C(=O)N4CCN[C@@H](C)C4)c4ccccc34)c12. The number of fused-ring (bicyclic) bond motifs is 4. The predicted molar refractivity (Wildman–Crippen MR) is 164 cm³/mol. The van der Waals surface area contributed by atoms with Crippen molar-refractivity contribution in [2.45, 2.75) is 33.7 Å². The summed E-state index contributed by atoms with van der Waals surface area (Å²) in [6.07, 6.45) is 0. The van der Waals surface area contributed by atoms with Crippen molar-refractivity contribution in [1.29, 1.82) is 0 Å². The van der Waals surface area contributed by atoms with Gasteiger partial charge < -0.3 is 24.5 Å². The molecule has 1 atom stereocenters. The lowest BCUT2D eigenvalue weighted by atomic mass is 9.94. The zero-order chi connectivity index (χ0) is 29.1. The van der Waals surface area contributed by atoms with Crippen LogP contribution in [0.3, 0.4) is 0 Å². The van der Waals surface area contributed by atoms with Gasteiger partial charge in [0.25, 0.3) is 5.91 Å². The Morgan fingerprint density at radius 2 is 1.83 bits per heavy atom. The molecule has 1 aliphatic rings. The second-order valence-corrected chi connectivity index (χ2v) is 11.1. The van der Waals surface area contributed by atoms with Crippen molar-refractivity contribution >= 4 is 38.6 Å². The van der Waals surface area contributed by atoms with Gasteiger partial charge >= 0.3 is 0 Å². The van der Waals surface area contributed by atoms with Crippen LogP contribution in [0.15, 0.2) is 53.1 Å². The number of hydrogen-bond acceptors (Lipinski definition) is 7.